The predicted molar refractivity (Wildman–Crippen MR) is 108 cm³/mol. The van der Waals surface area contributed by atoms with Gasteiger partial charge in [-0.05, 0) is 52.3 Å². The van der Waals surface area contributed by atoms with E-state index < -0.39 is 17.3 Å². The highest BCUT2D eigenvalue weighted by Gasteiger charge is 2.34. The van der Waals surface area contributed by atoms with Crippen LogP contribution < -0.4 is 20.7 Å². The Morgan fingerprint density at radius 1 is 1.17 bits per heavy atom. The number of nitrogens with one attached hydrogen (secondary N) is 3. The van der Waals surface area contributed by atoms with Crippen LogP contribution in [-0.4, -0.2) is 37.1 Å². The molecule has 0 saturated carbocycles. The lowest BCUT2D eigenvalue weighted by molar-refractivity contribution is -0.138. The molecule has 6 nitrogen and oxygen atoms in total. The number of halogens is 3. The quantitative estimate of drug-likeness (QED) is 0.470. The normalized spacial score (nSPS) is 12.7. The van der Waals surface area contributed by atoms with E-state index in [1.54, 1.807) is 20.8 Å². The van der Waals surface area contributed by atoms with Crippen LogP contribution in [0.5, 0.6) is 5.75 Å². The zero-order valence-corrected chi connectivity index (χ0v) is 17.8. The number of aliphatic imine (C=N–C) groups is 1. The molecule has 0 spiro atoms. The third-order valence-corrected chi connectivity index (χ3v) is 3.57. The third-order valence-electron chi connectivity index (χ3n) is 3.57. The van der Waals surface area contributed by atoms with E-state index in [1.165, 1.54) is 19.2 Å². The van der Waals surface area contributed by atoms with Gasteiger partial charge in [0.1, 0.15) is 11.4 Å². The van der Waals surface area contributed by atoms with Crippen LogP contribution in [0, 0.1) is 0 Å². The van der Waals surface area contributed by atoms with Gasteiger partial charge in [-0.1, -0.05) is 6.07 Å². The molecular weight excluding hydrogens is 385 g/mol. The molecule has 0 aliphatic rings. The van der Waals surface area contributed by atoms with Gasteiger partial charge in [0.15, 0.2) is 5.96 Å². The van der Waals surface area contributed by atoms with Crippen LogP contribution in [-0.2, 0) is 17.5 Å². The first-order valence-electron chi connectivity index (χ1n) is 9.45. The molecule has 0 aromatic heterocycles. The maximum absolute atomic E-state index is 13.5. The second-order valence-electron chi connectivity index (χ2n) is 7.86. The number of nitrogens with zero attached hydrogens (tertiary/aromatic N) is 1. The Bertz CT molecular complexity index is 711. The third kappa shape index (κ3) is 9.54. The number of carbonyl (C=O) groups is 1. The van der Waals surface area contributed by atoms with Crippen molar-refractivity contribution in [1.29, 1.82) is 0 Å². The minimum Gasteiger partial charge on any atom is -0.488 e. The molecule has 0 saturated heterocycles. The van der Waals surface area contributed by atoms with Crippen LogP contribution in [0.25, 0.3) is 0 Å². The van der Waals surface area contributed by atoms with E-state index in [1.807, 2.05) is 13.8 Å². The Labute approximate surface area is 170 Å². The number of rotatable bonds is 7. The number of amides is 1. The fraction of sp³-hybridized carbons (Fsp3) is 0.600. The van der Waals surface area contributed by atoms with Crippen molar-refractivity contribution in [3.05, 3.63) is 29.3 Å². The van der Waals surface area contributed by atoms with Gasteiger partial charge >= 0.3 is 6.18 Å². The van der Waals surface area contributed by atoms with Crippen LogP contribution >= 0.6 is 0 Å². The molecule has 0 heterocycles. The number of carbonyl (C=O) groups excluding carboxylic acids is 1. The first-order valence-corrected chi connectivity index (χ1v) is 9.45. The Morgan fingerprint density at radius 3 is 2.34 bits per heavy atom. The summed E-state index contributed by atoms with van der Waals surface area (Å²) in [5.74, 6) is 0.356. The summed E-state index contributed by atoms with van der Waals surface area (Å²) in [5.41, 5.74) is -1.30. The van der Waals surface area contributed by atoms with Crippen LogP contribution in [0.3, 0.4) is 0 Å². The van der Waals surface area contributed by atoms with E-state index in [0.717, 1.165) is 6.07 Å². The van der Waals surface area contributed by atoms with Gasteiger partial charge in [0.05, 0.1) is 5.56 Å². The van der Waals surface area contributed by atoms with Gasteiger partial charge in [0, 0.05) is 32.6 Å². The SMILES string of the molecule is CN=C(NCCC(=O)NC(C)C)NCc1ccc(OC(C)(C)C)cc1C(F)(F)F. The van der Waals surface area contributed by atoms with E-state index in [0.29, 0.717) is 12.5 Å². The summed E-state index contributed by atoms with van der Waals surface area (Å²) in [6, 6.07) is 3.96. The maximum atomic E-state index is 13.5. The van der Waals surface area contributed by atoms with E-state index >= 15 is 0 Å². The molecule has 1 aromatic carbocycles. The molecule has 0 bridgehead atoms. The van der Waals surface area contributed by atoms with Crippen molar-refractivity contribution in [2.45, 2.75) is 65.4 Å². The van der Waals surface area contributed by atoms with E-state index in [4.69, 9.17) is 4.74 Å². The van der Waals surface area contributed by atoms with Gasteiger partial charge in [0.2, 0.25) is 5.91 Å². The summed E-state index contributed by atoms with van der Waals surface area (Å²) in [5, 5.41) is 8.53. The average molecular weight is 416 g/mol. The molecular formula is C20H31F3N4O2. The highest BCUT2D eigenvalue weighted by Crippen LogP contribution is 2.35. The number of ether oxygens (including phenoxy) is 1. The number of hydrogen-bond donors (Lipinski definition) is 3. The number of guanidine groups is 1. The molecule has 1 rings (SSSR count). The summed E-state index contributed by atoms with van der Waals surface area (Å²) < 4.78 is 46.0. The van der Waals surface area contributed by atoms with Gasteiger partial charge in [-0.2, -0.15) is 13.2 Å². The standard InChI is InChI=1S/C20H31F3N4O2/c1-13(2)27-17(28)9-10-25-18(24-6)26-12-14-7-8-15(29-19(3,4)5)11-16(14)20(21,22)23/h7-8,11,13H,9-10,12H2,1-6H3,(H,27,28)(H2,24,25,26). The summed E-state index contributed by atoms with van der Waals surface area (Å²) in [7, 11) is 1.51. The minimum absolute atomic E-state index is 0.0472. The minimum atomic E-state index is -4.51. The zero-order chi connectivity index (χ0) is 22.2. The fourth-order valence-electron chi connectivity index (χ4n) is 2.48. The molecule has 3 N–H and O–H groups in total. The largest absolute Gasteiger partial charge is 0.488 e. The van der Waals surface area contributed by atoms with Crippen LogP contribution in [0.15, 0.2) is 23.2 Å². The number of alkyl halides is 3. The van der Waals surface area contributed by atoms with Crippen molar-refractivity contribution < 1.29 is 22.7 Å². The van der Waals surface area contributed by atoms with Crippen molar-refractivity contribution in [2.75, 3.05) is 13.6 Å². The first-order chi connectivity index (χ1) is 13.3. The average Bonchev–Trinajstić information content (AvgIpc) is 2.55. The Hall–Kier alpha value is -2.45. The van der Waals surface area contributed by atoms with Gasteiger partial charge in [-0.3, -0.25) is 9.79 Å². The molecule has 1 aromatic rings. The number of hydrogen-bond acceptors (Lipinski definition) is 3. The summed E-state index contributed by atoms with van der Waals surface area (Å²) >= 11 is 0. The van der Waals surface area contributed by atoms with E-state index in [9.17, 15) is 18.0 Å². The van der Waals surface area contributed by atoms with Crippen LogP contribution in [0.1, 0.15) is 52.2 Å². The van der Waals surface area contributed by atoms with Crippen molar-refractivity contribution in [3.63, 3.8) is 0 Å². The summed E-state index contributed by atoms with van der Waals surface area (Å²) in [6.45, 7) is 9.27. The highest BCUT2D eigenvalue weighted by atomic mass is 19.4. The molecule has 0 fully saturated rings. The molecule has 9 heteroatoms. The topological polar surface area (TPSA) is 74.8 Å². The smallest absolute Gasteiger partial charge is 0.416 e. The van der Waals surface area contributed by atoms with Crippen molar-refractivity contribution in [3.8, 4) is 5.75 Å². The van der Waals surface area contributed by atoms with Gasteiger partial charge < -0.3 is 20.7 Å². The van der Waals surface area contributed by atoms with Crippen molar-refractivity contribution in [1.82, 2.24) is 16.0 Å². The molecule has 164 valence electrons. The lowest BCUT2D eigenvalue weighted by atomic mass is 10.1. The second kappa shape index (κ2) is 10.4. The van der Waals surface area contributed by atoms with E-state index in [2.05, 4.69) is 20.9 Å². The monoisotopic (exact) mass is 416 g/mol. The predicted octanol–water partition coefficient (Wildman–Crippen LogP) is 3.46. The van der Waals surface area contributed by atoms with Crippen molar-refractivity contribution in [2.24, 2.45) is 4.99 Å². The lowest BCUT2D eigenvalue weighted by Gasteiger charge is -2.23. The molecule has 29 heavy (non-hydrogen) atoms. The molecule has 0 aliphatic heterocycles. The second-order valence-corrected chi connectivity index (χ2v) is 7.86. The molecule has 1 amide bonds. The zero-order valence-electron chi connectivity index (χ0n) is 17.8. The van der Waals surface area contributed by atoms with Gasteiger partial charge in [-0.25, -0.2) is 0 Å². The molecule has 0 radical (unpaired) electrons. The number of benzene rings is 1. The molecule has 0 atom stereocenters. The van der Waals surface area contributed by atoms with Crippen LogP contribution in [0.2, 0.25) is 0 Å². The Morgan fingerprint density at radius 2 is 1.83 bits per heavy atom. The summed E-state index contributed by atoms with van der Waals surface area (Å²) in [6.07, 6.45) is -4.29. The van der Waals surface area contributed by atoms with Gasteiger partial charge in [-0.15, -0.1) is 0 Å². The maximum Gasteiger partial charge on any atom is 0.416 e. The Balaban J connectivity index is 2.77. The van der Waals surface area contributed by atoms with Crippen molar-refractivity contribution >= 4 is 11.9 Å². The van der Waals surface area contributed by atoms with E-state index in [-0.39, 0.29) is 36.2 Å². The molecule has 0 aliphatic carbocycles. The summed E-state index contributed by atoms with van der Waals surface area (Å²) in [4.78, 5) is 15.6. The fourth-order valence-corrected chi connectivity index (χ4v) is 2.48. The van der Waals surface area contributed by atoms with Gasteiger partial charge in [0.25, 0.3) is 0 Å². The highest BCUT2D eigenvalue weighted by molar-refractivity contribution is 5.81. The first kappa shape index (κ1) is 24.6. The van der Waals surface area contributed by atoms with Crippen LogP contribution in [0.4, 0.5) is 13.2 Å². The molecule has 0 unspecified atom stereocenters. The Kier molecular flexibility index (Phi) is 8.79. The lowest BCUT2D eigenvalue weighted by Crippen LogP contribution is -2.40.